The summed E-state index contributed by atoms with van der Waals surface area (Å²) in [7, 11) is 0. The third-order valence-corrected chi connectivity index (χ3v) is 5.01. The van der Waals surface area contributed by atoms with Crippen molar-refractivity contribution in [2.24, 2.45) is 0 Å². The zero-order chi connectivity index (χ0) is 17.1. The molecule has 0 unspecified atom stereocenters. The maximum atomic E-state index is 12.7. The Kier molecular flexibility index (Phi) is 4.72. The predicted molar refractivity (Wildman–Crippen MR) is 92.9 cm³/mol. The van der Waals surface area contributed by atoms with Gasteiger partial charge >= 0.3 is 0 Å². The number of hydrogen-bond donors (Lipinski definition) is 0. The number of morpholine rings is 1. The summed E-state index contributed by atoms with van der Waals surface area (Å²) in [4.78, 5) is 25.4. The molecule has 0 aliphatic carbocycles. The molecule has 2 aliphatic heterocycles. The molecule has 0 saturated carbocycles. The number of rotatable bonds is 3. The van der Waals surface area contributed by atoms with Gasteiger partial charge in [-0.15, -0.1) is 0 Å². The Morgan fingerprint density at radius 3 is 2.84 bits per heavy atom. The molecule has 6 heteroatoms. The van der Waals surface area contributed by atoms with E-state index in [1.165, 1.54) is 5.56 Å². The number of aromatic nitrogens is 2. The molecule has 0 radical (unpaired) electrons. The molecule has 2 saturated heterocycles. The van der Waals surface area contributed by atoms with Crippen molar-refractivity contribution in [3.8, 4) is 0 Å². The van der Waals surface area contributed by atoms with Crippen LogP contribution in [-0.2, 0) is 11.3 Å². The molecule has 4 rings (SSSR count). The summed E-state index contributed by atoms with van der Waals surface area (Å²) < 4.78 is 5.98. The van der Waals surface area contributed by atoms with Gasteiger partial charge in [0.25, 0.3) is 5.91 Å². The largest absolute Gasteiger partial charge is 0.375 e. The van der Waals surface area contributed by atoms with E-state index in [0.717, 1.165) is 32.7 Å². The summed E-state index contributed by atoms with van der Waals surface area (Å²) in [5.74, 6) is 0.00786. The minimum Gasteiger partial charge on any atom is -0.375 e. The number of piperidine rings is 1. The zero-order valence-corrected chi connectivity index (χ0v) is 14.1. The summed E-state index contributed by atoms with van der Waals surface area (Å²) in [6.45, 7) is 3.90. The van der Waals surface area contributed by atoms with Crippen LogP contribution in [0.5, 0.6) is 0 Å². The number of amides is 1. The predicted octanol–water partition coefficient (Wildman–Crippen LogP) is 1.59. The van der Waals surface area contributed by atoms with E-state index < -0.39 is 0 Å². The van der Waals surface area contributed by atoms with E-state index in [4.69, 9.17) is 4.74 Å². The number of hydrogen-bond acceptors (Lipinski definition) is 5. The Morgan fingerprint density at radius 1 is 1.16 bits per heavy atom. The lowest BCUT2D eigenvalue weighted by atomic mass is 9.97. The van der Waals surface area contributed by atoms with Crippen LogP contribution < -0.4 is 0 Å². The fraction of sp³-hybridized carbons (Fsp3) is 0.421. The average Bonchev–Trinajstić information content (AvgIpc) is 2.69. The first-order valence-electron chi connectivity index (χ1n) is 8.76. The number of nitrogens with zero attached hydrogens (tertiary/aromatic N) is 4. The normalized spacial score (nSPS) is 23.9. The first-order chi connectivity index (χ1) is 12.3. The monoisotopic (exact) mass is 338 g/mol. The van der Waals surface area contributed by atoms with Crippen LogP contribution in [0.15, 0.2) is 48.9 Å². The third-order valence-electron chi connectivity index (χ3n) is 5.01. The number of pyridine rings is 2. The summed E-state index contributed by atoms with van der Waals surface area (Å²) in [6.07, 6.45) is 6.38. The van der Waals surface area contributed by atoms with E-state index in [9.17, 15) is 4.79 Å². The van der Waals surface area contributed by atoms with Crippen LogP contribution in [0.3, 0.4) is 0 Å². The molecule has 130 valence electrons. The van der Waals surface area contributed by atoms with Crippen LogP contribution in [0.1, 0.15) is 22.5 Å². The molecule has 2 aromatic heterocycles. The van der Waals surface area contributed by atoms with Gasteiger partial charge in [0.15, 0.2) is 0 Å². The fourth-order valence-electron chi connectivity index (χ4n) is 3.70. The van der Waals surface area contributed by atoms with Crippen molar-refractivity contribution in [2.75, 3.05) is 26.2 Å². The molecule has 2 aliphatic rings. The highest BCUT2D eigenvalue weighted by atomic mass is 16.5. The molecule has 2 aromatic rings. The smallest absolute Gasteiger partial charge is 0.272 e. The van der Waals surface area contributed by atoms with Gasteiger partial charge in [-0.25, -0.2) is 0 Å². The quantitative estimate of drug-likeness (QED) is 0.851. The number of likely N-dealkylation sites (tertiary alicyclic amines) is 1. The fourth-order valence-corrected chi connectivity index (χ4v) is 3.70. The van der Waals surface area contributed by atoms with E-state index in [2.05, 4.69) is 14.9 Å². The van der Waals surface area contributed by atoms with E-state index in [1.807, 2.05) is 41.6 Å². The number of carbonyl (C=O) groups is 1. The van der Waals surface area contributed by atoms with Crippen LogP contribution in [0.4, 0.5) is 0 Å². The molecule has 0 bridgehead atoms. The molecular formula is C19H22N4O2. The van der Waals surface area contributed by atoms with Crippen LogP contribution in [0.2, 0.25) is 0 Å². The topological polar surface area (TPSA) is 58.6 Å². The van der Waals surface area contributed by atoms with Crippen molar-refractivity contribution in [3.05, 3.63) is 60.2 Å². The van der Waals surface area contributed by atoms with Crippen molar-refractivity contribution in [1.82, 2.24) is 19.8 Å². The van der Waals surface area contributed by atoms with Crippen molar-refractivity contribution in [3.63, 3.8) is 0 Å². The van der Waals surface area contributed by atoms with Gasteiger partial charge in [0.2, 0.25) is 0 Å². The van der Waals surface area contributed by atoms with Crippen LogP contribution in [-0.4, -0.2) is 64.1 Å². The second kappa shape index (κ2) is 7.29. The van der Waals surface area contributed by atoms with Crippen LogP contribution in [0, 0.1) is 0 Å². The minimum atomic E-state index is 0.00786. The van der Waals surface area contributed by atoms with E-state index in [1.54, 1.807) is 12.3 Å². The van der Waals surface area contributed by atoms with Crippen LogP contribution in [0.25, 0.3) is 0 Å². The summed E-state index contributed by atoms with van der Waals surface area (Å²) >= 11 is 0. The van der Waals surface area contributed by atoms with Crippen molar-refractivity contribution in [2.45, 2.75) is 25.1 Å². The van der Waals surface area contributed by atoms with Gasteiger partial charge in [0.1, 0.15) is 5.69 Å². The Bertz CT molecular complexity index is 710. The number of ether oxygens (including phenoxy) is 1. The molecule has 0 aromatic carbocycles. The number of fused-ring (bicyclic) bond motifs is 1. The van der Waals surface area contributed by atoms with Gasteiger partial charge in [-0.05, 0) is 36.2 Å². The van der Waals surface area contributed by atoms with Gasteiger partial charge in [-0.2, -0.15) is 0 Å². The standard InChI is InChI=1S/C19H22N4O2/c24-19(16-3-1-2-7-21-16)23-10-6-18-17(14-23)22(11-12-25-18)13-15-4-8-20-9-5-15/h1-5,7-9,17-18H,6,10-14H2/t17-,18-/m1/s1. The highest BCUT2D eigenvalue weighted by molar-refractivity contribution is 5.92. The minimum absolute atomic E-state index is 0.00786. The van der Waals surface area contributed by atoms with E-state index in [0.29, 0.717) is 12.2 Å². The molecule has 2 fully saturated rings. The lowest BCUT2D eigenvalue weighted by Crippen LogP contribution is -2.60. The summed E-state index contributed by atoms with van der Waals surface area (Å²) in [6, 6.07) is 9.78. The van der Waals surface area contributed by atoms with Crippen molar-refractivity contribution < 1.29 is 9.53 Å². The average molecular weight is 338 g/mol. The van der Waals surface area contributed by atoms with Crippen molar-refractivity contribution >= 4 is 5.91 Å². The SMILES string of the molecule is O=C(c1ccccn1)N1CC[C@H]2OCCN(Cc3ccncc3)[C@@H]2C1. The van der Waals surface area contributed by atoms with Gasteiger partial charge in [-0.1, -0.05) is 6.07 Å². The van der Waals surface area contributed by atoms with Gasteiger partial charge < -0.3 is 9.64 Å². The molecule has 0 N–H and O–H groups in total. The molecule has 4 heterocycles. The lowest BCUT2D eigenvalue weighted by molar-refractivity contribution is -0.101. The Balaban J connectivity index is 1.48. The highest BCUT2D eigenvalue weighted by Crippen LogP contribution is 2.25. The Labute approximate surface area is 147 Å². The molecule has 1 amide bonds. The first-order valence-corrected chi connectivity index (χ1v) is 8.76. The zero-order valence-electron chi connectivity index (χ0n) is 14.1. The maximum absolute atomic E-state index is 12.7. The van der Waals surface area contributed by atoms with Gasteiger partial charge in [0.05, 0.1) is 18.8 Å². The molecular weight excluding hydrogens is 316 g/mol. The second-order valence-corrected chi connectivity index (χ2v) is 6.56. The third kappa shape index (κ3) is 3.55. The Hall–Kier alpha value is -2.31. The van der Waals surface area contributed by atoms with E-state index in [-0.39, 0.29) is 18.1 Å². The molecule has 25 heavy (non-hydrogen) atoms. The molecule has 6 nitrogen and oxygen atoms in total. The summed E-state index contributed by atoms with van der Waals surface area (Å²) in [5, 5.41) is 0. The Morgan fingerprint density at radius 2 is 2.04 bits per heavy atom. The van der Waals surface area contributed by atoms with Gasteiger partial charge in [0, 0.05) is 44.8 Å². The molecule has 2 atom stereocenters. The lowest BCUT2D eigenvalue weighted by Gasteiger charge is -2.47. The van der Waals surface area contributed by atoms with Crippen LogP contribution >= 0.6 is 0 Å². The van der Waals surface area contributed by atoms with Crippen molar-refractivity contribution in [1.29, 1.82) is 0 Å². The summed E-state index contributed by atoms with van der Waals surface area (Å²) in [5.41, 5.74) is 1.75. The van der Waals surface area contributed by atoms with Gasteiger partial charge in [-0.3, -0.25) is 19.7 Å². The number of carbonyl (C=O) groups excluding carboxylic acids is 1. The maximum Gasteiger partial charge on any atom is 0.272 e. The van der Waals surface area contributed by atoms with E-state index >= 15 is 0 Å². The second-order valence-electron chi connectivity index (χ2n) is 6.56. The first kappa shape index (κ1) is 16.2. The molecule has 0 spiro atoms. The highest BCUT2D eigenvalue weighted by Gasteiger charge is 2.38.